The Morgan fingerprint density at radius 3 is 2.32 bits per heavy atom. The summed E-state index contributed by atoms with van der Waals surface area (Å²) in [6.07, 6.45) is 3.72. The van der Waals surface area contributed by atoms with Crippen LogP contribution in [-0.4, -0.2) is 47.5 Å². The monoisotopic (exact) mass is 502 g/mol. The van der Waals surface area contributed by atoms with Crippen molar-refractivity contribution in [1.29, 1.82) is 0 Å². The van der Waals surface area contributed by atoms with Gasteiger partial charge in [-0.05, 0) is 50.3 Å². The number of aromatic hydroxyl groups is 1. The zero-order valence-electron chi connectivity index (χ0n) is 17.3. The average Bonchev–Trinajstić information content (AvgIpc) is 2.69. The van der Waals surface area contributed by atoms with E-state index in [1.165, 1.54) is 0 Å². The highest BCUT2D eigenvalue weighted by Gasteiger charge is 2.26. The number of carbonyl (C=O) groups excluding carboxylic acids is 1. The first-order valence-electron chi connectivity index (χ1n) is 10.2. The zero-order chi connectivity index (χ0) is 19.6. The maximum absolute atomic E-state index is 12.5. The van der Waals surface area contributed by atoms with Crippen LogP contribution in [0.25, 0.3) is 0 Å². The highest BCUT2D eigenvalue weighted by atomic mass is 127. The van der Waals surface area contributed by atoms with Gasteiger partial charge in [0, 0.05) is 31.6 Å². The van der Waals surface area contributed by atoms with E-state index in [2.05, 4.69) is 36.4 Å². The molecule has 1 aliphatic heterocycles. The molecule has 0 atom stereocenters. The van der Waals surface area contributed by atoms with E-state index < -0.39 is 0 Å². The molecule has 1 saturated heterocycles. The smallest absolute Gasteiger partial charge is 0.225 e. The van der Waals surface area contributed by atoms with Gasteiger partial charge in [-0.15, -0.1) is 24.0 Å². The van der Waals surface area contributed by atoms with Gasteiger partial charge in [-0.3, -0.25) is 4.79 Å². The van der Waals surface area contributed by atoms with Gasteiger partial charge in [-0.25, -0.2) is 4.99 Å². The highest BCUT2D eigenvalue weighted by Crippen LogP contribution is 2.17. The molecule has 6 nitrogen and oxygen atoms in total. The van der Waals surface area contributed by atoms with Gasteiger partial charge in [0.2, 0.25) is 5.91 Å². The molecule has 1 aromatic rings. The summed E-state index contributed by atoms with van der Waals surface area (Å²) in [6, 6.07) is 7.44. The molecular weight excluding hydrogens is 467 g/mol. The van der Waals surface area contributed by atoms with Gasteiger partial charge in [0.25, 0.3) is 0 Å². The number of rotatable bonds is 7. The fourth-order valence-corrected chi connectivity index (χ4v) is 3.43. The van der Waals surface area contributed by atoms with E-state index in [1.54, 1.807) is 12.1 Å². The van der Waals surface area contributed by atoms with E-state index in [0.717, 1.165) is 56.8 Å². The lowest BCUT2D eigenvalue weighted by atomic mass is 9.98. The fraction of sp³-hybridized carbons (Fsp3) is 0.619. The molecule has 0 aliphatic carbocycles. The maximum Gasteiger partial charge on any atom is 0.225 e. The SMILES string of the molecule is CCNC(=NCc1ccc(O)cc1)NC1CCN(C(=O)C(CC)CC)CC1.I. The van der Waals surface area contributed by atoms with Crippen LogP contribution in [0, 0.1) is 5.92 Å². The van der Waals surface area contributed by atoms with Crippen LogP contribution < -0.4 is 10.6 Å². The second kappa shape index (κ2) is 12.9. The maximum atomic E-state index is 12.5. The lowest BCUT2D eigenvalue weighted by molar-refractivity contribution is -0.136. The van der Waals surface area contributed by atoms with Crippen molar-refractivity contribution in [2.24, 2.45) is 10.9 Å². The Morgan fingerprint density at radius 1 is 1.18 bits per heavy atom. The van der Waals surface area contributed by atoms with Crippen LogP contribution in [0.5, 0.6) is 5.75 Å². The molecule has 0 bridgehead atoms. The number of nitrogens with one attached hydrogen (secondary N) is 2. The quantitative estimate of drug-likeness (QED) is 0.303. The number of halogens is 1. The summed E-state index contributed by atoms with van der Waals surface area (Å²) < 4.78 is 0. The third kappa shape index (κ3) is 7.48. The zero-order valence-corrected chi connectivity index (χ0v) is 19.6. The van der Waals surface area contributed by atoms with Crippen LogP contribution in [0.3, 0.4) is 0 Å². The van der Waals surface area contributed by atoms with Crippen molar-refractivity contribution in [3.05, 3.63) is 29.8 Å². The summed E-state index contributed by atoms with van der Waals surface area (Å²) in [6.45, 7) is 9.21. The van der Waals surface area contributed by atoms with Gasteiger partial charge in [0.1, 0.15) is 5.75 Å². The minimum absolute atomic E-state index is 0. The number of piperidine rings is 1. The number of nitrogens with zero attached hydrogens (tertiary/aromatic N) is 2. The number of amides is 1. The Bertz CT molecular complexity index is 609. The Labute approximate surface area is 186 Å². The molecule has 1 aromatic carbocycles. The first kappa shape index (κ1) is 24.5. The summed E-state index contributed by atoms with van der Waals surface area (Å²) in [5.74, 6) is 1.54. The van der Waals surface area contributed by atoms with E-state index in [4.69, 9.17) is 0 Å². The number of carbonyl (C=O) groups is 1. The predicted molar refractivity (Wildman–Crippen MR) is 125 cm³/mol. The minimum Gasteiger partial charge on any atom is -0.508 e. The van der Waals surface area contributed by atoms with Gasteiger partial charge < -0.3 is 20.6 Å². The number of hydrogen-bond acceptors (Lipinski definition) is 3. The third-order valence-electron chi connectivity index (χ3n) is 5.18. The molecule has 3 N–H and O–H groups in total. The Balaban J connectivity index is 0.00000392. The molecule has 2 rings (SSSR count). The number of hydrogen-bond donors (Lipinski definition) is 3. The molecule has 0 saturated carbocycles. The van der Waals surface area contributed by atoms with Gasteiger partial charge in [-0.1, -0.05) is 26.0 Å². The minimum atomic E-state index is 0. The molecule has 1 fully saturated rings. The van der Waals surface area contributed by atoms with E-state index in [9.17, 15) is 9.90 Å². The van der Waals surface area contributed by atoms with Gasteiger partial charge in [-0.2, -0.15) is 0 Å². The fourth-order valence-electron chi connectivity index (χ4n) is 3.43. The second-order valence-corrected chi connectivity index (χ2v) is 7.12. The first-order valence-corrected chi connectivity index (χ1v) is 10.2. The molecule has 0 spiro atoms. The number of benzene rings is 1. The molecule has 28 heavy (non-hydrogen) atoms. The van der Waals surface area contributed by atoms with Crippen LogP contribution >= 0.6 is 24.0 Å². The lowest BCUT2D eigenvalue weighted by Gasteiger charge is -2.34. The molecule has 1 amide bonds. The van der Waals surface area contributed by atoms with Crippen LogP contribution in [-0.2, 0) is 11.3 Å². The predicted octanol–water partition coefficient (Wildman–Crippen LogP) is 3.49. The van der Waals surface area contributed by atoms with Gasteiger partial charge in [0.15, 0.2) is 5.96 Å². The van der Waals surface area contributed by atoms with Crippen molar-refractivity contribution in [2.45, 2.75) is 59.0 Å². The Kier molecular flexibility index (Phi) is 11.3. The number of phenolic OH excluding ortho intramolecular Hbond substituents is 1. The average molecular weight is 502 g/mol. The van der Waals surface area contributed by atoms with Gasteiger partial charge >= 0.3 is 0 Å². The third-order valence-corrected chi connectivity index (χ3v) is 5.18. The van der Waals surface area contributed by atoms with Crippen LogP contribution in [0.4, 0.5) is 0 Å². The van der Waals surface area contributed by atoms with Crippen molar-refractivity contribution >= 4 is 35.8 Å². The van der Waals surface area contributed by atoms with Crippen molar-refractivity contribution in [2.75, 3.05) is 19.6 Å². The Morgan fingerprint density at radius 2 is 1.79 bits per heavy atom. The molecular formula is C21H35IN4O2. The summed E-state index contributed by atoms with van der Waals surface area (Å²) in [7, 11) is 0. The van der Waals surface area contributed by atoms with Crippen LogP contribution in [0.2, 0.25) is 0 Å². The molecule has 7 heteroatoms. The van der Waals surface area contributed by atoms with E-state index in [0.29, 0.717) is 18.5 Å². The number of aliphatic imine (C=N–C) groups is 1. The first-order chi connectivity index (χ1) is 13.1. The van der Waals surface area contributed by atoms with Crippen LogP contribution in [0.15, 0.2) is 29.3 Å². The molecule has 1 aliphatic rings. The highest BCUT2D eigenvalue weighted by molar-refractivity contribution is 14.0. The van der Waals surface area contributed by atoms with E-state index in [1.807, 2.05) is 17.0 Å². The second-order valence-electron chi connectivity index (χ2n) is 7.12. The van der Waals surface area contributed by atoms with Crippen molar-refractivity contribution < 1.29 is 9.90 Å². The molecule has 0 unspecified atom stereocenters. The van der Waals surface area contributed by atoms with E-state index >= 15 is 0 Å². The summed E-state index contributed by atoms with van der Waals surface area (Å²) in [5, 5.41) is 16.2. The molecule has 0 radical (unpaired) electrons. The van der Waals surface area contributed by atoms with Crippen molar-refractivity contribution in [3.8, 4) is 5.75 Å². The summed E-state index contributed by atoms with van der Waals surface area (Å²) >= 11 is 0. The van der Waals surface area contributed by atoms with E-state index in [-0.39, 0.29) is 35.6 Å². The van der Waals surface area contributed by atoms with Crippen LogP contribution in [0.1, 0.15) is 52.0 Å². The van der Waals surface area contributed by atoms with Gasteiger partial charge in [0.05, 0.1) is 6.54 Å². The normalized spacial score (nSPS) is 15.3. The molecule has 1 heterocycles. The standard InChI is InChI=1S/C21H34N4O2.HI/c1-4-17(5-2)20(27)25-13-11-18(12-14-25)24-21(22-6-3)23-15-16-7-9-19(26)10-8-16;/h7-10,17-18,26H,4-6,11-15H2,1-3H3,(H2,22,23,24);1H. The van der Waals surface area contributed by atoms with Crippen molar-refractivity contribution in [1.82, 2.24) is 15.5 Å². The largest absolute Gasteiger partial charge is 0.508 e. The number of phenols is 1. The topological polar surface area (TPSA) is 77.0 Å². The summed E-state index contributed by atoms with van der Waals surface area (Å²) in [4.78, 5) is 19.2. The van der Waals surface area contributed by atoms with Crippen molar-refractivity contribution in [3.63, 3.8) is 0 Å². The molecule has 158 valence electrons. The number of likely N-dealkylation sites (tertiary alicyclic amines) is 1. The Hall–Kier alpha value is -1.51. The number of guanidine groups is 1. The lowest BCUT2D eigenvalue weighted by Crippen LogP contribution is -2.50. The molecule has 0 aromatic heterocycles. The summed E-state index contributed by atoms with van der Waals surface area (Å²) in [5.41, 5.74) is 1.05.